The summed E-state index contributed by atoms with van der Waals surface area (Å²) >= 11 is 0. The van der Waals surface area contributed by atoms with Crippen molar-refractivity contribution in [3.8, 4) is 11.5 Å². The molecule has 4 heteroatoms. The first-order valence-electron chi connectivity index (χ1n) is 8.03. The van der Waals surface area contributed by atoms with Crippen molar-refractivity contribution >= 4 is 0 Å². The van der Waals surface area contributed by atoms with Crippen LogP contribution >= 0.6 is 0 Å². The fraction of sp³-hybridized carbons (Fsp3) is 0.556. The van der Waals surface area contributed by atoms with Gasteiger partial charge in [0.15, 0.2) is 17.6 Å². The lowest BCUT2D eigenvalue weighted by Crippen LogP contribution is -2.55. The summed E-state index contributed by atoms with van der Waals surface area (Å²) in [6, 6.07) is 4.70. The number of likely N-dealkylation sites (tertiary alicyclic amines) is 1. The van der Waals surface area contributed by atoms with Crippen LogP contribution in [0.3, 0.4) is 0 Å². The number of aliphatic hydroxyl groups is 1. The van der Waals surface area contributed by atoms with E-state index in [9.17, 15) is 5.11 Å². The van der Waals surface area contributed by atoms with Crippen LogP contribution in [-0.2, 0) is 11.8 Å². The SMILES string of the molecule is C/C=C(/O)[C@@H]1Oc2c(OC)ccc3c2[C@@]12CCN(C)[C@H](C3)C2. The highest BCUT2D eigenvalue weighted by Gasteiger charge is 2.57. The summed E-state index contributed by atoms with van der Waals surface area (Å²) in [6.07, 6.45) is 4.59. The molecule has 4 nitrogen and oxygen atoms in total. The number of aliphatic hydroxyl groups excluding tert-OH is 1. The Morgan fingerprint density at radius 3 is 3.05 bits per heavy atom. The Kier molecular flexibility index (Phi) is 2.95. The average Bonchev–Trinajstić information content (AvgIpc) is 2.87. The van der Waals surface area contributed by atoms with Gasteiger partial charge in [0.2, 0.25) is 0 Å². The second-order valence-corrected chi connectivity index (χ2v) is 6.79. The van der Waals surface area contributed by atoms with Crippen molar-refractivity contribution in [1.82, 2.24) is 4.90 Å². The minimum Gasteiger partial charge on any atom is -0.509 e. The number of hydrogen-bond donors (Lipinski definition) is 1. The standard InChI is InChI=1S/C18H23NO3/c1-4-13(20)17-18-7-8-19(2)12(10-18)9-11-5-6-14(21-3)16(22-17)15(11)18/h4-6,12,17,20H,7-10H2,1-3H3/b13-4+/t12-,17+,18+/m1/s1. The van der Waals surface area contributed by atoms with Gasteiger partial charge in [-0.15, -0.1) is 0 Å². The molecule has 0 aromatic heterocycles. The van der Waals surface area contributed by atoms with Crippen molar-refractivity contribution in [3.63, 3.8) is 0 Å². The number of nitrogens with zero attached hydrogens (tertiary/aromatic N) is 1. The number of likely N-dealkylation sites (N-methyl/N-ethyl adjacent to an activating group) is 1. The molecule has 0 amide bonds. The third-order valence-electron chi connectivity index (χ3n) is 5.82. The molecule has 0 saturated carbocycles. The number of rotatable bonds is 2. The van der Waals surface area contributed by atoms with E-state index in [0.29, 0.717) is 11.8 Å². The summed E-state index contributed by atoms with van der Waals surface area (Å²) in [6.45, 7) is 2.91. The van der Waals surface area contributed by atoms with Gasteiger partial charge in [-0.1, -0.05) is 6.07 Å². The molecule has 1 fully saturated rings. The predicted octanol–water partition coefficient (Wildman–Crippen LogP) is 2.81. The summed E-state index contributed by atoms with van der Waals surface area (Å²) in [5, 5.41) is 10.5. The molecule has 4 rings (SSSR count). The van der Waals surface area contributed by atoms with Crippen LogP contribution in [0.5, 0.6) is 11.5 Å². The minimum absolute atomic E-state index is 0.106. The maximum Gasteiger partial charge on any atom is 0.166 e. The maximum atomic E-state index is 10.5. The highest BCUT2D eigenvalue weighted by molar-refractivity contribution is 5.61. The zero-order chi connectivity index (χ0) is 15.5. The van der Waals surface area contributed by atoms with Crippen molar-refractivity contribution in [2.75, 3.05) is 20.7 Å². The molecule has 1 aromatic carbocycles. The lowest BCUT2D eigenvalue weighted by atomic mass is 9.61. The molecule has 3 aliphatic rings. The zero-order valence-corrected chi connectivity index (χ0v) is 13.4. The molecule has 0 unspecified atom stereocenters. The van der Waals surface area contributed by atoms with Crippen LogP contribution in [0, 0.1) is 0 Å². The lowest BCUT2D eigenvalue weighted by Gasteiger charge is -2.49. The molecule has 3 atom stereocenters. The summed E-state index contributed by atoms with van der Waals surface area (Å²) in [5.74, 6) is 1.97. The summed E-state index contributed by atoms with van der Waals surface area (Å²) in [7, 11) is 3.88. The lowest BCUT2D eigenvalue weighted by molar-refractivity contribution is 0.0422. The Balaban J connectivity index is 1.94. The molecule has 22 heavy (non-hydrogen) atoms. The van der Waals surface area contributed by atoms with Crippen LogP contribution in [0.2, 0.25) is 0 Å². The number of fused-ring (bicyclic) bond motifs is 1. The van der Waals surface area contributed by atoms with E-state index in [-0.39, 0.29) is 11.5 Å². The number of methoxy groups -OCH3 is 1. The van der Waals surface area contributed by atoms with Gasteiger partial charge in [0.1, 0.15) is 5.76 Å². The quantitative estimate of drug-likeness (QED) is 0.853. The monoisotopic (exact) mass is 301 g/mol. The molecule has 2 heterocycles. The van der Waals surface area contributed by atoms with E-state index in [1.165, 1.54) is 11.1 Å². The average molecular weight is 301 g/mol. The summed E-state index contributed by atoms with van der Waals surface area (Å²) in [4.78, 5) is 2.44. The largest absolute Gasteiger partial charge is 0.509 e. The first-order chi connectivity index (χ1) is 10.6. The second-order valence-electron chi connectivity index (χ2n) is 6.79. The molecular weight excluding hydrogens is 278 g/mol. The second kappa shape index (κ2) is 4.66. The van der Waals surface area contributed by atoms with Crippen LogP contribution in [0.25, 0.3) is 0 Å². The normalized spacial score (nSPS) is 33.3. The number of piperidine rings is 1. The first-order valence-corrected chi connectivity index (χ1v) is 8.03. The van der Waals surface area contributed by atoms with Crippen LogP contribution in [-0.4, -0.2) is 42.9 Å². The zero-order valence-electron chi connectivity index (χ0n) is 13.4. The molecule has 1 aliphatic carbocycles. The third kappa shape index (κ3) is 1.62. The van der Waals surface area contributed by atoms with Crippen molar-refractivity contribution in [1.29, 1.82) is 0 Å². The Labute approximate surface area is 131 Å². The van der Waals surface area contributed by atoms with Crippen LogP contribution in [0.15, 0.2) is 24.0 Å². The molecule has 1 saturated heterocycles. The van der Waals surface area contributed by atoms with Crippen LogP contribution in [0.1, 0.15) is 30.9 Å². The van der Waals surface area contributed by atoms with Gasteiger partial charge in [0.25, 0.3) is 0 Å². The van der Waals surface area contributed by atoms with Gasteiger partial charge in [-0.2, -0.15) is 0 Å². The minimum atomic E-state index is -0.279. The van der Waals surface area contributed by atoms with E-state index < -0.39 is 0 Å². The topological polar surface area (TPSA) is 41.9 Å². The molecule has 1 aromatic rings. The molecule has 118 valence electrons. The molecule has 2 aliphatic heterocycles. The van der Waals surface area contributed by atoms with E-state index >= 15 is 0 Å². The van der Waals surface area contributed by atoms with Gasteiger partial charge in [-0.3, -0.25) is 0 Å². The maximum absolute atomic E-state index is 10.5. The van der Waals surface area contributed by atoms with E-state index in [0.717, 1.165) is 37.3 Å². The van der Waals surface area contributed by atoms with E-state index in [4.69, 9.17) is 9.47 Å². The highest BCUT2D eigenvalue weighted by atomic mass is 16.5. The van der Waals surface area contributed by atoms with Crippen molar-refractivity contribution in [2.24, 2.45) is 0 Å². The summed E-state index contributed by atoms with van der Waals surface area (Å²) < 4.78 is 11.8. The number of hydrogen-bond acceptors (Lipinski definition) is 4. The van der Waals surface area contributed by atoms with Gasteiger partial charge in [0, 0.05) is 17.0 Å². The van der Waals surface area contributed by atoms with Crippen molar-refractivity contribution < 1.29 is 14.6 Å². The Morgan fingerprint density at radius 2 is 2.32 bits per heavy atom. The first kappa shape index (κ1) is 13.9. The van der Waals surface area contributed by atoms with E-state index in [1.54, 1.807) is 13.2 Å². The number of benzene rings is 1. The number of allylic oxidation sites excluding steroid dienone is 1. The molecule has 0 radical (unpaired) electrons. The number of ether oxygens (including phenoxy) is 2. The smallest absolute Gasteiger partial charge is 0.166 e. The molecule has 1 N–H and O–H groups in total. The van der Waals surface area contributed by atoms with E-state index in [2.05, 4.69) is 18.0 Å². The third-order valence-corrected chi connectivity index (χ3v) is 5.82. The highest BCUT2D eigenvalue weighted by Crippen LogP contribution is 2.58. The van der Waals surface area contributed by atoms with Crippen LogP contribution in [0.4, 0.5) is 0 Å². The molecular formula is C18H23NO3. The fourth-order valence-electron chi connectivity index (χ4n) is 4.64. The Bertz CT molecular complexity index is 654. The molecule has 1 spiro atoms. The fourth-order valence-corrected chi connectivity index (χ4v) is 4.64. The Hall–Kier alpha value is -1.68. The van der Waals surface area contributed by atoms with Gasteiger partial charge in [-0.25, -0.2) is 0 Å². The Morgan fingerprint density at radius 1 is 1.50 bits per heavy atom. The molecule has 2 bridgehead atoms. The van der Waals surface area contributed by atoms with Gasteiger partial charge >= 0.3 is 0 Å². The summed E-state index contributed by atoms with van der Waals surface area (Å²) in [5.41, 5.74) is 2.53. The van der Waals surface area contributed by atoms with Crippen molar-refractivity contribution in [3.05, 3.63) is 35.1 Å². The van der Waals surface area contributed by atoms with Gasteiger partial charge in [0.05, 0.1) is 7.11 Å². The van der Waals surface area contributed by atoms with Gasteiger partial charge < -0.3 is 19.5 Å². The van der Waals surface area contributed by atoms with E-state index in [1.807, 2.05) is 13.0 Å². The van der Waals surface area contributed by atoms with Gasteiger partial charge in [-0.05, 0) is 57.5 Å². The van der Waals surface area contributed by atoms with Crippen molar-refractivity contribution in [2.45, 2.75) is 43.7 Å². The predicted molar refractivity (Wildman–Crippen MR) is 84.8 cm³/mol. The van der Waals surface area contributed by atoms with Crippen LogP contribution < -0.4 is 9.47 Å².